The van der Waals surface area contributed by atoms with Gasteiger partial charge in [-0.2, -0.15) is 0 Å². The van der Waals surface area contributed by atoms with Gasteiger partial charge in [0.25, 0.3) is 0 Å². The van der Waals surface area contributed by atoms with E-state index in [1.54, 1.807) is 14.2 Å². The van der Waals surface area contributed by atoms with Crippen LogP contribution >= 0.6 is 0 Å². The molecule has 4 heteroatoms. The Morgan fingerprint density at radius 1 is 1.06 bits per heavy atom. The highest BCUT2D eigenvalue weighted by Gasteiger charge is 2.21. The molecule has 1 aliphatic rings. The number of hydrogen-bond donors (Lipinski definition) is 0. The van der Waals surface area contributed by atoms with Gasteiger partial charge in [0.05, 0.1) is 0 Å². The van der Waals surface area contributed by atoms with Gasteiger partial charge in [0.1, 0.15) is 0 Å². The summed E-state index contributed by atoms with van der Waals surface area (Å²) in [6.45, 7) is 10.00. The Kier molecular flexibility index (Phi) is 6.28. The number of rotatable bonds is 6. The SMILES string of the molecule is CCC(C)N1CCN(CC(OC)OC)CC1. The molecule has 0 aliphatic carbocycles. The molecule has 1 heterocycles. The Labute approximate surface area is 99.5 Å². The summed E-state index contributed by atoms with van der Waals surface area (Å²) >= 11 is 0. The Bertz CT molecular complexity index is 178. The Morgan fingerprint density at radius 2 is 1.62 bits per heavy atom. The molecule has 0 bridgehead atoms. The maximum absolute atomic E-state index is 5.22. The van der Waals surface area contributed by atoms with Gasteiger partial charge in [0.15, 0.2) is 6.29 Å². The van der Waals surface area contributed by atoms with E-state index in [1.165, 1.54) is 6.42 Å². The van der Waals surface area contributed by atoms with Crippen molar-refractivity contribution in [1.29, 1.82) is 0 Å². The van der Waals surface area contributed by atoms with E-state index in [4.69, 9.17) is 9.47 Å². The van der Waals surface area contributed by atoms with Gasteiger partial charge in [-0.25, -0.2) is 0 Å². The lowest BCUT2D eigenvalue weighted by Crippen LogP contribution is -2.51. The highest BCUT2D eigenvalue weighted by molar-refractivity contribution is 4.76. The van der Waals surface area contributed by atoms with Crippen molar-refractivity contribution in [3.05, 3.63) is 0 Å². The molecule has 1 saturated heterocycles. The first-order valence-electron chi connectivity index (χ1n) is 6.23. The molecule has 0 saturated carbocycles. The predicted molar refractivity (Wildman–Crippen MR) is 65.6 cm³/mol. The molecule has 0 N–H and O–H groups in total. The summed E-state index contributed by atoms with van der Waals surface area (Å²) in [7, 11) is 3.40. The fourth-order valence-corrected chi connectivity index (χ4v) is 2.10. The Balaban J connectivity index is 2.26. The molecule has 96 valence electrons. The maximum atomic E-state index is 5.22. The second-order valence-electron chi connectivity index (χ2n) is 4.49. The van der Waals surface area contributed by atoms with E-state index >= 15 is 0 Å². The summed E-state index contributed by atoms with van der Waals surface area (Å²) in [5.74, 6) is 0. The van der Waals surface area contributed by atoms with E-state index in [2.05, 4.69) is 23.6 Å². The monoisotopic (exact) mass is 230 g/mol. The second-order valence-corrected chi connectivity index (χ2v) is 4.49. The van der Waals surface area contributed by atoms with Crippen molar-refractivity contribution in [3.8, 4) is 0 Å². The van der Waals surface area contributed by atoms with Crippen LogP contribution in [0.5, 0.6) is 0 Å². The third-order valence-electron chi connectivity index (χ3n) is 3.55. The number of nitrogens with zero attached hydrogens (tertiary/aromatic N) is 2. The minimum atomic E-state index is -0.0878. The first-order valence-corrected chi connectivity index (χ1v) is 6.23. The lowest BCUT2D eigenvalue weighted by Gasteiger charge is -2.38. The first-order chi connectivity index (χ1) is 7.71. The van der Waals surface area contributed by atoms with Crippen LogP contribution in [0.1, 0.15) is 20.3 Å². The molecule has 1 atom stereocenters. The van der Waals surface area contributed by atoms with Gasteiger partial charge in [0, 0.05) is 53.0 Å². The molecule has 0 spiro atoms. The van der Waals surface area contributed by atoms with Crippen molar-refractivity contribution in [1.82, 2.24) is 9.80 Å². The predicted octanol–water partition coefficient (Wildman–Crippen LogP) is 1.02. The van der Waals surface area contributed by atoms with Gasteiger partial charge in [-0.1, -0.05) is 6.92 Å². The molecule has 0 aromatic heterocycles. The topological polar surface area (TPSA) is 24.9 Å². The van der Waals surface area contributed by atoms with Gasteiger partial charge in [-0.05, 0) is 13.3 Å². The van der Waals surface area contributed by atoms with Crippen LogP contribution in [-0.4, -0.2) is 69.1 Å². The van der Waals surface area contributed by atoms with Crippen LogP contribution in [0.25, 0.3) is 0 Å². The zero-order valence-corrected chi connectivity index (χ0v) is 11.1. The average molecular weight is 230 g/mol. The summed E-state index contributed by atoms with van der Waals surface area (Å²) in [5, 5.41) is 0. The highest BCUT2D eigenvalue weighted by atomic mass is 16.7. The van der Waals surface area contributed by atoms with Crippen molar-refractivity contribution < 1.29 is 9.47 Å². The Hall–Kier alpha value is -0.160. The van der Waals surface area contributed by atoms with Crippen molar-refractivity contribution in [3.63, 3.8) is 0 Å². The van der Waals surface area contributed by atoms with Crippen LogP contribution in [-0.2, 0) is 9.47 Å². The standard InChI is InChI=1S/C12H26N2O2/c1-5-11(2)14-8-6-13(7-9-14)10-12(15-3)16-4/h11-12H,5-10H2,1-4H3. The zero-order valence-electron chi connectivity index (χ0n) is 11.1. The molecular formula is C12H26N2O2. The quantitative estimate of drug-likeness (QED) is 0.636. The van der Waals surface area contributed by atoms with Crippen LogP contribution in [0, 0.1) is 0 Å². The smallest absolute Gasteiger partial charge is 0.169 e. The van der Waals surface area contributed by atoms with E-state index in [-0.39, 0.29) is 6.29 Å². The summed E-state index contributed by atoms with van der Waals surface area (Å²) in [4.78, 5) is 4.97. The first kappa shape index (κ1) is 13.9. The van der Waals surface area contributed by atoms with Crippen molar-refractivity contribution in [2.24, 2.45) is 0 Å². The summed E-state index contributed by atoms with van der Waals surface area (Å²) < 4.78 is 10.4. The molecule has 1 aliphatic heterocycles. The van der Waals surface area contributed by atoms with Crippen LogP contribution in [0.4, 0.5) is 0 Å². The van der Waals surface area contributed by atoms with E-state index in [1.807, 2.05) is 0 Å². The van der Waals surface area contributed by atoms with Crippen LogP contribution in [0.2, 0.25) is 0 Å². The minimum Gasteiger partial charge on any atom is -0.355 e. The van der Waals surface area contributed by atoms with Gasteiger partial charge in [-0.3, -0.25) is 9.80 Å². The number of hydrogen-bond acceptors (Lipinski definition) is 4. The molecule has 16 heavy (non-hydrogen) atoms. The molecule has 1 fully saturated rings. The molecule has 1 rings (SSSR count). The van der Waals surface area contributed by atoms with Crippen LogP contribution in [0.15, 0.2) is 0 Å². The molecule has 0 radical (unpaired) electrons. The lowest BCUT2D eigenvalue weighted by atomic mass is 10.2. The fourth-order valence-electron chi connectivity index (χ4n) is 2.10. The summed E-state index contributed by atoms with van der Waals surface area (Å²) in [6.07, 6.45) is 1.15. The zero-order chi connectivity index (χ0) is 12.0. The largest absolute Gasteiger partial charge is 0.355 e. The van der Waals surface area contributed by atoms with Crippen LogP contribution < -0.4 is 0 Å². The number of ether oxygens (including phenoxy) is 2. The van der Waals surface area contributed by atoms with Crippen molar-refractivity contribution >= 4 is 0 Å². The maximum Gasteiger partial charge on any atom is 0.169 e. The van der Waals surface area contributed by atoms with Crippen molar-refractivity contribution in [2.45, 2.75) is 32.6 Å². The second kappa shape index (κ2) is 7.22. The summed E-state index contributed by atoms with van der Waals surface area (Å²) in [5.41, 5.74) is 0. The normalized spacial score (nSPS) is 21.6. The van der Waals surface area contributed by atoms with Gasteiger partial charge >= 0.3 is 0 Å². The van der Waals surface area contributed by atoms with Gasteiger partial charge < -0.3 is 9.47 Å². The van der Waals surface area contributed by atoms with E-state index in [0.717, 1.165) is 32.7 Å². The Morgan fingerprint density at radius 3 is 2.06 bits per heavy atom. The molecule has 0 aromatic carbocycles. The highest BCUT2D eigenvalue weighted by Crippen LogP contribution is 2.09. The molecule has 0 amide bonds. The van der Waals surface area contributed by atoms with E-state index in [9.17, 15) is 0 Å². The lowest BCUT2D eigenvalue weighted by molar-refractivity contribution is -0.120. The van der Waals surface area contributed by atoms with E-state index in [0.29, 0.717) is 6.04 Å². The third-order valence-corrected chi connectivity index (χ3v) is 3.55. The summed E-state index contributed by atoms with van der Waals surface area (Å²) in [6, 6.07) is 0.711. The fraction of sp³-hybridized carbons (Fsp3) is 1.00. The number of piperazine rings is 1. The molecular weight excluding hydrogens is 204 g/mol. The average Bonchev–Trinajstić information content (AvgIpc) is 2.35. The van der Waals surface area contributed by atoms with Gasteiger partial charge in [-0.15, -0.1) is 0 Å². The van der Waals surface area contributed by atoms with Crippen molar-refractivity contribution in [2.75, 3.05) is 46.9 Å². The third kappa shape index (κ3) is 4.01. The minimum absolute atomic E-state index is 0.0878. The van der Waals surface area contributed by atoms with Crippen LogP contribution in [0.3, 0.4) is 0 Å². The number of methoxy groups -OCH3 is 2. The molecule has 4 nitrogen and oxygen atoms in total. The van der Waals surface area contributed by atoms with E-state index < -0.39 is 0 Å². The van der Waals surface area contributed by atoms with Gasteiger partial charge in [0.2, 0.25) is 0 Å². The molecule has 0 aromatic rings. The molecule has 1 unspecified atom stereocenters.